The summed E-state index contributed by atoms with van der Waals surface area (Å²) >= 11 is 0. The summed E-state index contributed by atoms with van der Waals surface area (Å²) in [4.78, 5) is 20.1. The normalized spacial score (nSPS) is 12.9. The third-order valence-corrected chi connectivity index (χ3v) is 11.3. The quantitative estimate of drug-likeness (QED) is 0.179. The van der Waals surface area contributed by atoms with Crippen molar-refractivity contribution in [2.45, 2.75) is 5.41 Å². The Morgan fingerprint density at radius 3 is 1.51 bits per heavy atom. The fourth-order valence-corrected chi connectivity index (χ4v) is 8.90. The Morgan fingerprint density at radius 1 is 0.309 bits per heavy atom. The highest BCUT2D eigenvalue weighted by Crippen LogP contribution is 2.63. The van der Waals surface area contributed by atoms with Crippen LogP contribution in [0.1, 0.15) is 22.3 Å². The van der Waals surface area contributed by atoms with Gasteiger partial charge in [0.1, 0.15) is 0 Å². The third kappa shape index (κ3) is 4.78. The van der Waals surface area contributed by atoms with Gasteiger partial charge in [-0.05, 0) is 78.9 Å². The minimum Gasteiger partial charge on any atom is -0.264 e. The lowest BCUT2D eigenvalue weighted by molar-refractivity contribution is 0.794. The molecule has 0 amide bonds. The predicted octanol–water partition coefficient (Wildman–Crippen LogP) is 11.9. The van der Waals surface area contributed by atoms with Crippen LogP contribution in [0.5, 0.6) is 0 Å². The van der Waals surface area contributed by atoms with Crippen molar-refractivity contribution in [2.75, 3.05) is 0 Å². The fourth-order valence-electron chi connectivity index (χ4n) is 8.90. The molecule has 0 unspecified atom stereocenters. The van der Waals surface area contributed by atoms with Crippen molar-refractivity contribution in [2.24, 2.45) is 0 Å². The number of benzene rings is 7. The van der Waals surface area contributed by atoms with Crippen molar-refractivity contribution in [3.05, 3.63) is 217 Å². The molecule has 2 aromatic heterocycles. The van der Waals surface area contributed by atoms with Gasteiger partial charge < -0.3 is 0 Å². The molecule has 7 aromatic carbocycles. The molecule has 0 radical (unpaired) electrons. The van der Waals surface area contributed by atoms with Gasteiger partial charge in [-0.25, -0.2) is 15.0 Å². The van der Waals surface area contributed by atoms with E-state index in [1.165, 1.54) is 38.9 Å². The second kappa shape index (κ2) is 12.4. The van der Waals surface area contributed by atoms with E-state index in [0.717, 1.165) is 44.5 Å². The second-order valence-corrected chi connectivity index (χ2v) is 14.2. The van der Waals surface area contributed by atoms with E-state index in [1.54, 1.807) is 6.20 Å². The molecule has 2 aliphatic rings. The molecule has 0 bridgehead atoms. The SMILES string of the molecule is c1ccc(-c2cccc(-c3nc(-c4ccc(-c5cccnc5)cc4)nc(-c4cccc5c4-c4ccccc4C54c5ccccc5-c5ccccc54)n3)c2)cc1. The van der Waals surface area contributed by atoms with Gasteiger partial charge in [0.05, 0.1) is 5.41 Å². The molecule has 1 spiro atoms. The van der Waals surface area contributed by atoms with E-state index in [2.05, 4.69) is 175 Å². The van der Waals surface area contributed by atoms with Gasteiger partial charge in [0.15, 0.2) is 17.5 Å². The Morgan fingerprint density at radius 2 is 0.800 bits per heavy atom. The van der Waals surface area contributed by atoms with Crippen molar-refractivity contribution >= 4 is 0 Å². The highest BCUT2D eigenvalue weighted by Gasteiger charge is 2.52. The van der Waals surface area contributed by atoms with Gasteiger partial charge in [-0.1, -0.05) is 170 Å². The van der Waals surface area contributed by atoms with Gasteiger partial charge in [-0.2, -0.15) is 0 Å². The highest BCUT2D eigenvalue weighted by molar-refractivity contribution is 5.99. The second-order valence-electron chi connectivity index (χ2n) is 14.2. The lowest BCUT2D eigenvalue weighted by Crippen LogP contribution is -2.25. The predicted molar refractivity (Wildman–Crippen MR) is 221 cm³/mol. The molecule has 0 saturated heterocycles. The van der Waals surface area contributed by atoms with Gasteiger partial charge in [-0.3, -0.25) is 4.98 Å². The smallest absolute Gasteiger partial charge is 0.164 e. The van der Waals surface area contributed by atoms with Crippen LogP contribution < -0.4 is 0 Å². The van der Waals surface area contributed by atoms with Gasteiger partial charge in [0, 0.05) is 29.1 Å². The van der Waals surface area contributed by atoms with E-state index in [0.29, 0.717) is 17.5 Å². The molecule has 55 heavy (non-hydrogen) atoms. The first kappa shape index (κ1) is 31.2. The monoisotopic (exact) mass is 700 g/mol. The molecule has 2 heterocycles. The Kier molecular flexibility index (Phi) is 7.04. The standard InChI is InChI=1S/C51H32N4/c1-2-13-33(14-3-1)36-15-10-16-37(31-36)49-53-48(35-28-26-34(27-29-35)38-17-12-30-52-32-38)54-50(55-49)42-21-11-25-46-47(42)41-20-6-9-24-45(41)51(46)43-22-7-4-18-39(43)40-19-5-8-23-44(40)51/h1-32H. The molecule has 256 valence electrons. The Balaban J connectivity index is 1.15. The maximum atomic E-state index is 5.32. The van der Waals surface area contributed by atoms with Crippen LogP contribution in [-0.4, -0.2) is 19.9 Å². The summed E-state index contributed by atoms with van der Waals surface area (Å²) in [5, 5.41) is 0. The Labute approximate surface area is 319 Å². The number of fused-ring (bicyclic) bond motifs is 10. The van der Waals surface area contributed by atoms with Crippen LogP contribution in [0.4, 0.5) is 0 Å². The van der Waals surface area contributed by atoms with Crippen LogP contribution in [0, 0.1) is 0 Å². The lowest BCUT2D eigenvalue weighted by atomic mass is 9.70. The maximum Gasteiger partial charge on any atom is 0.164 e. The molecule has 0 saturated carbocycles. The molecule has 4 nitrogen and oxygen atoms in total. The van der Waals surface area contributed by atoms with Crippen LogP contribution in [0.2, 0.25) is 0 Å². The number of aromatic nitrogens is 4. The first-order chi connectivity index (χ1) is 27.3. The molecular formula is C51H32N4. The lowest BCUT2D eigenvalue weighted by Gasteiger charge is -2.30. The molecule has 11 rings (SSSR count). The van der Waals surface area contributed by atoms with Gasteiger partial charge >= 0.3 is 0 Å². The summed E-state index contributed by atoms with van der Waals surface area (Å²) in [5.74, 6) is 1.90. The van der Waals surface area contributed by atoms with Crippen molar-refractivity contribution in [3.8, 4) is 78.7 Å². The highest BCUT2D eigenvalue weighted by atomic mass is 15.0. The van der Waals surface area contributed by atoms with Crippen molar-refractivity contribution < 1.29 is 0 Å². The molecule has 0 aliphatic heterocycles. The number of hydrogen-bond donors (Lipinski definition) is 0. The van der Waals surface area contributed by atoms with E-state index in [4.69, 9.17) is 15.0 Å². The number of rotatable bonds is 5. The first-order valence-electron chi connectivity index (χ1n) is 18.6. The summed E-state index contributed by atoms with van der Waals surface area (Å²) in [6, 6.07) is 64.7. The average molecular weight is 701 g/mol. The summed E-state index contributed by atoms with van der Waals surface area (Å²) in [6.07, 6.45) is 3.68. The molecule has 2 aliphatic carbocycles. The van der Waals surface area contributed by atoms with Gasteiger partial charge in [-0.15, -0.1) is 0 Å². The molecule has 4 heteroatoms. The van der Waals surface area contributed by atoms with Crippen LogP contribution in [0.3, 0.4) is 0 Å². The van der Waals surface area contributed by atoms with Crippen LogP contribution in [-0.2, 0) is 5.41 Å². The van der Waals surface area contributed by atoms with E-state index in [1.807, 2.05) is 18.3 Å². The zero-order valence-electron chi connectivity index (χ0n) is 29.8. The van der Waals surface area contributed by atoms with Crippen LogP contribution in [0.25, 0.3) is 78.7 Å². The van der Waals surface area contributed by atoms with Crippen molar-refractivity contribution in [1.82, 2.24) is 19.9 Å². The zero-order valence-corrected chi connectivity index (χ0v) is 29.8. The van der Waals surface area contributed by atoms with Crippen LogP contribution in [0.15, 0.2) is 194 Å². The van der Waals surface area contributed by atoms with Crippen molar-refractivity contribution in [1.29, 1.82) is 0 Å². The first-order valence-corrected chi connectivity index (χ1v) is 18.6. The number of nitrogens with zero attached hydrogens (tertiary/aromatic N) is 4. The summed E-state index contributed by atoms with van der Waals surface area (Å²) in [5.41, 5.74) is 16.9. The largest absolute Gasteiger partial charge is 0.264 e. The van der Waals surface area contributed by atoms with Crippen LogP contribution >= 0.6 is 0 Å². The Hall–Kier alpha value is -7.30. The maximum absolute atomic E-state index is 5.32. The van der Waals surface area contributed by atoms with E-state index in [-0.39, 0.29) is 0 Å². The molecule has 0 atom stereocenters. The molecule has 0 N–H and O–H groups in total. The Bertz CT molecular complexity index is 2870. The van der Waals surface area contributed by atoms with Gasteiger partial charge in [0.2, 0.25) is 0 Å². The van der Waals surface area contributed by atoms with E-state index in [9.17, 15) is 0 Å². The number of pyridine rings is 1. The topological polar surface area (TPSA) is 51.6 Å². The minimum atomic E-state index is -0.458. The zero-order chi connectivity index (χ0) is 36.3. The molecule has 0 fully saturated rings. The average Bonchev–Trinajstić information content (AvgIpc) is 3.75. The molecular weight excluding hydrogens is 669 g/mol. The minimum absolute atomic E-state index is 0.458. The van der Waals surface area contributed by atoms with E-state index < -0.39 is 5.41 Å². The van der Waals surface area contributed by atoms with Gasteiger partial charge in [0.25, 0.3) is 0 Å². The third-order valence-electron chi connectivity index (χ3n) is 11.3. The number of hydrogen-bond acceptors (Lipinski definition) is 4. The van der Waals surface area contributed by atoms with E-state index >= 15 is 0 Å². The summed E-state index contributed by atoms with van der Waals surface area (Å²) in [6.45, 7) is 0. The fraction of sp³-hybridized carbons (Fsp3) is 0.0196. The molecule has 9 aromatic rings. The van der Waals surface area contributed by atoms with Crippen molar-refractivity contribution in [3.63, 3.8) is 0 Å². The summed E-state index contributed by atoms with van der Waals surface area (Å²) in [7, 11) is 0. The summed E-state index contributed by atoms with van der Waals surface area (Å²) < 4.78 is 0.